The average Bonchev–Trinajstić information content (AvgIpc) is 2.96. The van der Waals surface area contributed by atoms with Gasteiger partial charge in [-0.2, -0.15) is 0 Å². The van der Waals surface area contributed by atoms with Crippen LogP contribution in [0.5, 0.6) is 0 Å². The average molecular weight is 551 g/mol. The van der Waals surface area contributed by atoms with E-state index in [9.17, 15) is 24.0 Å². The monoisotopic (exact) mass is 550 g/mol. The van der Waals surface area contributed by atoms with Crippen molar-refractivity contribution in [2.45, 2.75) is 51.2 Å². The van der Waals surface area contributed by atoms with Crippen molar-refractivity contribution in [2.24, 2.45) is 10.2 Å². The van der Waals surface area contributed by atoms with Crippen molar-refractivity contribution >= 4 is 29.5 Å². The molecule has 0 heterocycles. The smallest absolute Gasteiger partial charge is 0.408 e. The van der Waals surface area contributed by atoms with Gasteiger partial charge in [-0.15, -0.1) is 0 Å². The molecule has 0 spiro atoms. The first-order valence-electron chi connectivity index (χ1n) is 11.8. The number of hydrogen-bond acceptors (Lipinski definition) is 9. The van der Waals surface area contributed by atoms with Crippen LogP contribution in [0.2, 0.25) is 0 Å². The van der Waals surface area contributed by atoms with E-state index in [0.29, 0.717) is 11.1 Å². The normalized spacial score (nSPS) is 13.1. The van der Waals surface area contributed by atoms with Gasteiger partial charge in [-0.3, -0.25) is 14.4 Å². The van der Waals surface area contributed by atoms with Crippen LogP contribution in [-0.4, -0.2) is 53.7 Å². The first kappa shape index (κ1) is 30.8. The molecule has 2 unspecified atom stereocenters. The lowest BCUT2D eigenvalue weighted by Gasteiger charge is -2.21. The summed E-state index contributed by atoms with van der Waals surface area (Å²) in [6.45, 7) is 2.21. The molecule has 0 aromatic heterocycles. The molecular formula is C25H26N8O7. The zero-order valence-electron chi connectivity index (χ0n) is 21.5. The Bertz CT molecular complexity index is 1210. The third-order valence-electron chi connectivity index (χ3n) is 5.36. The van der Waals surface area contributed by atoms with Crippen molar-refractivity contribution in [3.63, 3.8) is 0 Å². The van der Waals surface area contributed by atoms with Crippen LogP contribution in [0.3, 0.4) is 0 Å². The summed E-state index contributed by atoms with van der Waals surface area (Å²) < 4.78 is 10.1. The molecule has 0 aliphatic rings. The number of hydrogen-bond donors (Lipinski definition) is 2. The van der Waals surface area contributed by atoms with Crippen molar-refractivity contribution in [3.8, 4) is 0 Å². The number of ether oxygens (including phenoxy) is 2. The van der Waals surface area contributed by atoms with Gasteiger partial charge in [0, 0.05) is 9.82 Å². The lowest BCUT2D eigenvalue weighted by Crippen LogP contribution is -2.51. The summed E-state index contributed by atoms with van der Waals surface area (Å²) in [6, 6.07) is 10.3. The Kier molecular flexibility index (Phi) is 12.2. The van der Waals surface area contributed by atoms with Crippen molar-refractivity contribution in [2.75, 3.05) is 0 Å². The molecule has 4 atom stereocenters. The molecule has 2 N–H and O–H groups in total. The number of Topliss-reactive ketones (excluding diaryl/α,β-unsaturated/α-hetero) is 3. The van der Waals surface area contributed by atoms with Crippen LogP contribution in [0.15, 0.2) is 70.9 Å². The summed E-state index contributed by atoms with van der Waals surface area (Å²) in [5.74, 6) is -3.52. The van der Waals surface area contributed by atoms with Gasteiger partial charge in [0.05, 0.1) is 12.1 Å². The number of carbonyl (C=O) groups is 5. The number of nitrogens with zero attached hydrogens (tertiary/aromatic N) is 6. The number of azide groups is 2. The summed E-state index contributed by atoms with van der Waals surface area (Å²) >= 11 is 0. The van der Waals surface area contributed by atoms with Crippen LogP contribution in [0, 0.1) is 0 Å². The first-order valence-corrected chi connectivity index (χ1v) is 11.8. The van der Waals surface area contributed by atoms with E-state index in [1.165, 1.54) is 13.8 Å². The lowest BCUT2D eigenvalue weighted by molar-refractivity contribution is -0.134. The molecule has 0 radical (unpaired) electrons. The van der Waals surface area contributed by atoms with E-state index in [0.717, 1.165) is 0 Å². The Hall–Kier alpha value is -5.39. The van der Waals surface area contributed by atoms with Gasteiger partial charge in [0.1, 0.15) is 13.2 Å². The minimum absolute atomic E-state index is 0.0988. The maximum Gasteiger partial charge on any atom is 0.408 e. The Morgan fingerprint density at radius 1 is 0.675 bits per heavy atom. The molecular weight excluding hydrogens is 524 g/mol. The SMILES string of the molecule is C[C@H](NC(=O)OCc1ccccc1)C(=O)C(N=[N+]=[N-])C(=O)C(N=[N+]=[N-])C(=O)[C@H](C)NC(=O)OCc1ccccc1. The molecule has 2 aromatic rings. The second kappa shape index (κ2) is 15.8. The summed E-state index contributed by atoms with van der Waals surface area (Å²) in [5.41, 5.74) is 19.2. The van der Waals surface area contributed by atoms with Crippen LogP contribution in [-0.2, 0) is 37.1 Å². The van der Waals surface area contributed by atoms with E-state index >= 15 is 0 Å². The minimum atomic E-state index is -2.13. The summed E-state index contributed by atoms with van der Waals surface area (Å²) in [6.07, 6.45) is -1.99. The number of benzene rings is 2. The number of nitrogens with one attached hydrogen (secondary N) is 2. The molecule has 15 heteroatoms. The molecule has 2 aromatic carbocycles. The fraction of sp³-hybridized carbons (Fsp3) is 0.320. The van der Waals surface area contributed by atoms with E-state index in [1.807, 2.05) is 0 Å². The van der Waals surface area contributed by atoms with Gasteiger partial charge in [-0.1, -0.05) is 70.9 Å². The Morgan fingerprint density at radius 2 is 1.02 bits per heavy atom. The van der Waals surface area contributed by atoms with Crippen LogP contribution >= 0.6 is 0 Å². The van der Waals surface area contributed by atoms with Crippen LogP contribution in [0.4, 0.5) is 9.59 Å². The maximum absolute atomic E-state index is 13.0. The van der Waals surface area contributed by atoms with E-state index in [4.69, 9.17) is 20.5 Å². The molecule has 0 bridgehead atoms. The standard InChI is InChI=1S/C25H26N8O7/c1-15(28-24(37)39-13-17-9-5-3-6-10-17)21(34)19(30-32-26)23(36)20(31-33-27)22(35)16(2)29-25(38)40-14-18-11-7-4-8-12-18/h3-12,15-16,19-20H,13-14H2,1-2H3,(H,28,37)(H,29,38)/t15-,16-,19?,20?/m0/s1. The van der Waals surface area contributed by atoms with Crippen LogP contribution < -0.4 is 10.6 Å². The highest BCUT2D eigenvalue weighted by molar-refractivity contribution is 6.19. The minimum Gasteiger partial charge on any atom is -0.445 e. The summed E-state index contributed by atoms with van der Waals surface area (Å²) in [7, 11) is 0. The van der Waals surface area contributed by atoms with Crippen molar-refractivity contribution in [1.29, 1.82) is 0 Å². The third kappa shape index (κ3) is 9.49. The third-order valence-corrected chi connectivity index (χ3v) is 5.36. The van der Waals surface area contributed by atoms with E-state index < -0.39 is 53.7 Å². The van der Waals surface area contributed by atoms with Gasteiger partial charge in [0.2, 0.25) is 0 Å². The van der Waals surface area contributed by atoms with Gasteiger partial charge in [-0.25, -0.2) is 9.59 Å². The van der Waals surface area contributed by atoms with E-state index in [-0.39, 0.29) is 13.2 Å². The highest BCUT2D eigenvalue weighted by atomic mass is 16.6. The zero-order valence-corrected chi connectivity index (χ0v) is 21.5. The first-order chi connectivity index (χ1) is 19.2. The lowest BCUT2D eigenvalue weighted by atomic mass is 9.94. The van der Waals surface area contributed by atoms with E-state index in [1.54, 1.807) is 60.7 Å². The Labute approximate surface area is 228 Å². The fourth-order valence-electron chi connectivity index (χ4n) is 3.26. The molecule has 40 heavy (non-hydrogen) atoms. The molecule has 2 rings (SSSR count). The van der Waals surface area contributed by atoms with Crippen LogP contribution in [0.25, 0.3) is 20.9 Å². The molecule has 15 nitrogen and oxygen atoms in total. The highest BCUT2D eigenvalue weighted by Crippen LogP contribution is 2.11. The van der Waals surface area contributed by atoms with E-state index in [2.05, 4.69) is 30.7 Å². The number of rotatable bonds is 14. The molecule has 0 aliphatic heterocycles. The molecule has 0 aliphatic carbocycles. The number of ketones is 3. The Balaban J connectivity index is 2.04. The number of alkyl carbamates (subject to hydrolysis) is 2. The Morgan fingerprint density at radius 3 is 1.35 bits per heavy atom. The fourth-order valence-corrected chi connectivity index (χ4v) is 3.26. The quantitative estimate of drug-likeness (QED) is 0.153. The molecule has 0 fully saturated rings. The second-order valence-electron chi connectivity index (χ2n) is 8.28. The van der Waals surface area contributed by atoms with Gasteiger partial charge in [0.15, 0.2) is 29.4 Å². The number of carbonyl (C=O) groups excluding carboxylic acids is 5. The van der Waals surface area contributed by atoms with Gasteiger partial charge in [-0.05, 0) is 36.0 Å². The zero-order chi connectivity index (χ0) is 29.5. The highest BCUT2D eigenvalue weighted by Gasteiger charge is 2.39. The van der Waals surface area contributed by atoms with Gasteiger partial charge >= 0.3 is 12.2 Å². The number of amides is 2. The maximum atomic E-state index is 13.0. The predicted octanol–water partition coefficient (Wildman–Crippen LogP) is 3.68. The molecule has 208 valence electrons. The largest absolute Gasteiger partial charge is 0.445 e. The molecule has 0 saturated heterocycles. The second-order valence-corrected chi connectivity index (χ2v) is 8.28. The molecule has 0 saturated carbocycles. The van der Waals surface area contributed by atoms with Crippen LogP contribution in [0.1, 0.15) is 25.0 Å². The van der Waals surface area contributed by atoms with Crippen molar-refractivity contribution in [1.82, 2.24) is 10.6 Å². The van der Waals surface area contributed by atoms with Gasteiger partial charge < -0.3 is 20.1 Å². The van der Waals surface area contributed by atoms with Gasteiger partial charge in [0.25, 0.3) is 0 Å². The summed E-state index contributed by atoms with van der Waals surface area (Å²) in [5, 5.41) is 10.7. The van der Waals surface area contributed by atoms with Crippen molar-refractivity contribution in [3.05, 3.63) is 92.7 Å². The predicted molar refractivity (Wildman–Crippen MR) is 139 cm³/mol. The topological polar surface area (TPSA) is 225 Å². The molecule has 2 amide bonds. The summed E-state index contributed by atoms with van der Waals surface area (Å²) in [4.78, 5) is 68.0. The van der Waals surface area contributed by atoms with Crippen molar-refractivity contribution < 1.29 is 33.4 Å².